The topological polar surface area (TPSA) is 0 Å². The fourth-order valence-corrected chi connectivity index (χ4v) is 4.65. The Morgan fingerprint density at radius 2 is 1.62 bits per heavy atom. The molecule has 0 heterocycles. The molecule has 0 amide bonds. The van der Waals surface area contributed by atoms with Crippen LogP contribution in [0.2, 0.25) is 31.7 Å². The van der Waals surface area contributed by atoms with Crippen molar-refractivity contribution in [1.29, 1.82) is 0 Å². The van der Waals surface area contributed by atoms with Crippen LogP contribution in [0.3, 0.4) is 0 Å². The molecule has 48 valence electrons. The molecule has 0 aromatic carbocycles. The van der Waals surface area contributed by atoms with E-state index in [0.29, 0.717) is 0 Å². The summed E-state index contributed by atoms with van der Waals surface area (Å²) in [5.41, 5.74) is 0. The Labute approximate surface area is 60.2 Å². The number of hydrogen-bond acceptors (Lipinski definition) is 0. The Kier molecular flexibility index (Phi) is 5.00. The van der Waals surface area contributed by atoms with Crippen LogP contribution in [0.1, 0.15) is 0 Å². The van der Waals surface area contributed by atoms with E-state index in [1.807, 2.05) is 0 Å². The zero-order valence-electron chi connectivity index (χ0n) is 5.79. The molecule has 0 aromatic rings. The third-order valence-corrected chi connectivity index (χ3v) is 4.23. The Balaban J connectivity index is 2.93. The Bertz CT molecular complexity index is 46.4. The first kappa shape index (κ1) is 8.72. The largest absolute Gasteiger partial charge is 0.169 e. The second-order valence-electron chi connectivity index (χ2n) is 2.38. The zero-order chi connectivity index (χ0) is 6.57. The van der Waals surface area contributed by atoms with Gasteiger partial charge >= 0.3 is 0 Å². The van der Waals surface area contributed by atoms with Gasteiger partial charge in [-0.25, -0.2) is 0 Å². The minimum Gasteiger partial charge on any atom is -0.169 e. The average molecular weight is 165 g/mol. The summed E-state index contributed by atoms with van der Waals surface area (Å²) >= 11 is 5.84. The van der Waals surface area contributed by atoms with E-state index in [0.717, 1.165) is 0 Å². The van der Waals surface area contributed by atoms with Gasteiger partial charge < -0.3 is 0 Å². The van der Waals surface area contributed by atoms with Gasteiger partial charge in [-0.3, -0.25) is 0 Å². The number of rotatable bonds is 3. The van der Waals surface area contributed by atoms with Crippen molar-refractivity contribution in [3.63, 3.8) is 0 Å². The first-order valence-electron chi connectivity index (χ1n) is 2.90. The van der Waals surface area contributed by atoms with E-state index in [4.69, 9.17) is 11.1 Å². The van der Waals surface area contributed by atoms with Crippen LogP contribution in [0, 0.1) is 0 Å². The summed E-state index contributed by atoms with van der Waals surface area (Å²) in [5, 5.41) is 0. The van der Waals surface area contributed by atoms with Gasteiger partial charge in [-0.15, -0.1) is 0 Å². The van der Waals surface area contributed by atoms with Crippen molar-refractivity contribution < 1.29 is 0 Å². The normalized spacial score (nSPS) is 11.2. The van der Waals surface area contributed by atoms with Gasteiger partial charge in [0.1, 0.15) is 0 Å². The molecule has 3 heteroatoms. The number of hydrogen-bond donors (Lipinski definition) is 0. The second kappa shape index (κ2) is 4.59. The minimum absolute atomic E-state index is 0.0112. The molecule has 0 spiro atoms. The van der Waals surface area contributed by atoms with Crippen molar-refractivity contribution in [3.05, 3.63) is 0 Å². The lowest BCUT2D eigenvalue weighted by molar-refractivity contribution is 1.37. The lowest BCUT2D eigenvalue weighted by Gasteiger charge is -2.00. The van der Waals surface area contributed by atoms with Crippen LogP contribution in [0.4, 0.5) is 0 Å². The van der Waals surface area contributed by atoms with Crippen LogP contribution >= 0.6 is 11.1 Å². The molecule has 0 nitrogen and oxygen atoms in total. The summed E-state index contributed by atoms with van der Waals surface area (Å²) in [4.78, 5) is 0. The van der Waals surface area contributed by atoms with Crippen molar-refractivity contribution >= 4 is 28.0 Å². The third-order valence-electron chi connectivity index (χ3n) is 0.969. The fraction of sp³-hybridized carbons (Fsp3) is 1.00. The van der Waals surface area contributed by atoms with E-state index in [-0.39, 0.29) is 8.80 Å². The van der Waals surface area contributed by atoms with Crippen LogP contribution in [0.25, 0.3) is 0 Å². The van der Waals surface area contributed by atoms with Crippen molar-refractivity contribution in [1.82, 2.24) is 0 Å². The maximum absolute atomic E-state index is 5.84. The van der Waals surface area contributed by atoms with Gasteiger partial charge in [0.05, 0.1) is 0 Å². The molecule has 8 heavy (non-hydrogen) atoms. The average Bonchev–Trinajstić information content (AvgIpc) is 1.61. The summed E-state index contributed by atoms with van der Waals surface area (Å²) in [5.74, 6) is 0. The van der Waals surface area contributed by atoms with Crippen LogP contribution in [0.5, 0.6) is 0 Å². The predicted octanol–water partition coefficient (Wildman–Crippen LogP) is 2.60. The van der Waals surface area contributed by atoms with Crippen LogP contribution in [-0.4, -0.2) is 16.9 Å². The standard InChI is InChI=1S/C5H13ClSi2/c1-7(2)4-5-8(3)6/h4-5H2,1-3H3. The van der Waals surface area contributed by atoms with Gasteiger partial charge in [-0.2, -0.15) is 11.1 Å². The minimum atomic E-state index is -0.432. The summed E-state index contributed by atoms with van der Waals surface area (Å²) in [7, 11) is -0.421. The highest BCUT2D eigenvalue weighted by atomic mass is 35.6. The van der Waals surface area contributed by atoms with E-state index in [1.54, 1.807) is 0 Å². The molecule has 0 saturated heterocycles. The van der Waals surface area contributed by atoms with Gasteiger partial charge in [0.15, 0.2) is 8.11 Å². The molecule has 0 unspecified atom stereocenters. The van der Waals surface area contributed by atoms with E-state index in [9.17, 15) is 0 Å². The highest BCUT2D eigenvalue weighted by molar-refractivity contribution is 7.06. The van der Waals surface area contributed by atoms with Gasteiger partial charge in [0.25, 0.3) is 0 Å². The van der Waals surface area contributed by atoms with Crippen molar-refractivity contribution in [2.45, 2.75) is 31.7 Å². The monoisotopic (exact) mass is 164 g/mol. The van der Waals surface area contributed by atoms with Crippen molar-refractivity contribution in [3.8, 4) is 0 Å². The molecule has 2 radical (unpaired) electrons. The van der Waals surface area contributed by atoms with Crippen molar-refractivity contribution in [2.24, 2.45) is 0 Å². The molecule has 0 aliphatic rings. The third kappa shape index (κ3) is 6.72. The molecular formula is C5H13ClSi2. The van der Waals surface area contributed by atoms with Crippen LogP contribution in [-0.2, 0) is 0 Å². The van der Waals surface area contributed by atoms with Crippen molar-refractivity contribution in [2.75, 3.05) is 0 Å². The SMILES string of the molecule is C[Si](C)CC[Si](C)Cl. The Hall–Kier alpha value is 0.724. The van der Waals surface area contributed by atoms with E-state index >= 15 is 0 Å². The molecular weight excluding hydrogens is 152 g/mol. The highest BCUT2D eigenvalue weighted by Gasteiger charge is 2.01. The molecule has 0 saturated carbocycles. The summed E-state index contributed by atoms with van der Waals surface area (Å²) in [6.45, 7) is 6.84. The van der Waals surface area contributed by atoms with Gasteiger partial charge in [0.2, 0.25) is 0 Å². The Morgan fingerprint density at radius 1 is 1.12 bits per heavy atom. The molecule has 0 N–H and O–H groups in total. The van der Waals surface area contributed by atoms with Crippen LogP contribution < -0.4 is 0 Å². The molecule has 0 fully saturated rings. The number of halogens is 1. The summed E-state index contributed by atoms with van der Waals surface area (Å²) in [6.07, 6.45) is 0. The highest BCUT2D eigenvalue weighted by Crippen LogP contribution is 2.04. The smallest absolute Gasteiger partial charge is 0.161 e. The maximum atomic E-state index is 5.84. The molecule has 0 aromatic heterocycles. The lowest BCUT2D eigenvalue weighted by Crippen LogP contribution is -2.03. The second-order valence-corrected chi connectivity index (χ2v) is 9.09. The first-order chi connectivity index (χ1) is 3.63. The van der Waals surface area contributed by atoms with Gasteiger partial charge in [-0.05, 0) is 6.04 Å². The quantitative estimate of drug-likeness (QED) is 0.445. The van der Waals surface area contributed by atoms with E-state index in [2.05, 4.69) is 19.6 Å². The van der Waals surface area contributed by atoms with Crippen LogP contribution in [0.15, 0.2) is 0 Å². The fourth-order valence-electron chi connectivity index (χ4n) is 0.422. The maximum Gasteiger partial charge on any atom is 0.161 e. The van der Waals surface area contributed by atoms with Gasteiger partial charge in [0, 0.05) is 8.80 Å². The molecule has 0 bridgehead atoms. The van der Waals surface area contributed by atoms with E-state index in [1.165, 1.54) is 12.1 Å². The summed E-state index contributed by atoms with van der Waals surface area (Å²) < 4.78 is 0. The molecule has 0 atom stereocenters. The van der Waals surface area contributed by atoms with Gasteiger partial charge in [-0.1, -0.05) is 25.7 Å². The molecule has 0 aliphatic heterocycles. The lowest BCUT2D eigenvalue weighted by atomic mass is 10.9. The molecule has 0 rings (SSSR count). The van der Waals surface area contributed by atoms with E-state index < -0.39 is 8.11 Å². The summed E-state index contributed by atoms with van der Waals surface area (Å²) in [6, 6.07) is 2.70. The predicted molar refractivity (Wildman–Crippen MR) is 44.6 cm³/mol. The first-order valence-corrected chi connectivity index (χ1v) is 8.82. The Morgan fingerprint density at radius 3 is 1.75 bits per heavy atom. The molecule has 0 aliphatic carbocycles. The zero-order valence-corrected chi connectivity index (χ0v) is 8.55.